The largest absolute Gasteiger partial charge is 0.238 e. The van der Waals surface area contributed by atoms with Crippen molar-refractivity contribution in [1.29, 1.82) is 0 Å². The molecule has 0 aliphatic rings. The van der Waals surface area contributed by atoms with Gasteiger partial charge in [-0.1, -0.05) is 30.3 Å². The zero-order valence-corrected chi connectivity index (χ0v) is 9.93. The van der Waals surface area contributed by atoms with Crippen molar-refractivity contribution in [3.05, 3.63) is 29.5 Å². The maximum Gasteiger partial charge on any atom is 0.187 e. The number of rotatable bonds is 2. The highest BCUT2D eigenvalue weighted by Crippen LogP contribution is 2.22. The summed E-state index contributed by atoms with van der Waals surface area (Å²) in [6.45, 7) is 1.92. The Morgan fingerprint density at radius 3 is 2.87 bits per heavy atom. The molecule has 0 fully saturated rings. The third-order valence-electron chi connectivity index (χ3n) is 2.00. The lowest BCUT2D eigenvalue weighted by Crippen LogP contribution is -1.92. The van der Waals surface area contributed by atoms with E-state index in [4.69, 9.17) is 11.6 Å². The van der Waals surface area contributed by atoms with E-state index in [9.17, 15) is 0 Å². The molecule has 15 heavy (non-hydrogen) atoms. The second-order valence-corrected chi connectivity index (χ2v) is 4.05. The third-order valence-corrected chi connectivity index (χ3v) is 2.82. The smallest absolute Gasteiger partial charge is 0.187 e. The summed E-state index contributed by atoms with van der Waals surface area (Å²) in [7, 11) is 0. The molecule has 1 radical (unpaired) electrons. The van der Waals surface area contributed by atoms with E-state index >= 15 is 0 Å². The normalized spacial score (nSPS) is 10.9. The molecule has 3 nitrogen and oxygen atoms in total. The van der Waals surface area contributed by atoms with Crippen LogP contribution in [0.2, 0.25) is 5.15 Å². The maximum absolute atomic E-state index is 6.04. The van der Waals surface area contributed by atoms with Crippen LogP contribution in [-0.2, 0) is 0 Å². The SMILES string of the molecule is C[CH]c1cc2cnc(SC)nc2c(Cl)n1. The fraction of sp³-hybridized carbons (Fsp3) is 0.200. The van der Waals surface area contributed by atoms with Crippen LogP contribution in [0.25, 0.3) is 10.9 Å². The van der Waals surface area contributed by atoms with Crippen LogP contribution in [-0.4, -0.2) is 21.2 Å². The summed E-state index contributed by atoms with van der Waals surface area (Å²) in [5.41, 5.74) is 1.55. The highest BCUT2D eigenvalue weighted by Gasteiger charge is 2.06. The molecule has 0 saturated carbocycles. The van der Waals surface area contributed by atoms with Crippen LogP contribution in [0.15, 0.2) is 17.4 Å². The van der Waals surface area contributed by atoms with Crippen molar-refractivity contribution in [2.45, 2.75) is 12.1 Å². The predicted molar refractivity (Wildman–Crippen MR) is 63.2 cm³/mol. The van der Waals surface area contributed by atoms with Gasteiger partial charge in [-0.2, -0.15) is 0 Å². The highest BCUT2D eigenvalue weighted by molar-refractivity contribution is 7.98. The lowest BCUT2D eigenvalue weighted by atomic mass is 10.2. The van der Waals surface area contributed by atoms with E-state index in [-0.39, 0.29) is 0 Å². The zero-order chi connectivity index (χ0) is 10.8. The quantitative estimate of drug-likeness (QED) is 0.458. The number of nitrogens with zero attached hydrogens (tertiary/aromatic N) is 3. The van der Waals surface area contributed by atoms with Crippen molar-refractivity contribution in [2.24, 2.45) is 0 Å². The minimum atomic E-state index is 0.429. The summed E-state index contributed by atoms with van der Waals surface area (Å²) in [4.78, 5) is 12.7. The molecule has 0 unspecified atom stereocenters. The fourth-order valence-corrected chi connectivity index (χ4v) is 1.84. The Morgan fingerprint density at radius 1 is 1.40 bits per heavy atom. The topological polar surface area (TPSA) is 38.7 Å². The first kappa shape index (κ1) is 10.6. The number of aromatic nitrogens is 3. The van der Waals surface area contributed by atoms with E-state index in [1.165, 1.54) is 11.8 Å². The van der Waals surface area contributed by atoms with Crippen LogP contribution in [0.4, 0.5) is 0 Å². The predicted octanol–water partition coefficient (Wildman–Crippen LogP) is 2.97. The van der Waals surface area contributed by atoms with Gasteiger partial charge in [-0.25, -0.2) is 15.0 Å². The molecule has 0 amide bonds. The molecule has 77 valence electrons. The van der Waals surface area contributed by atoms with E-state index in [1.54, 1.807) is 6.20 Å². The van der Waals surface area contributed by atoms with E-state index in [0.29, 0.717) is 15.8 Å². The van der Waals surface area contributed by atoms with Crippen molar-refractivity contribution >= 4 is 34.3 Å². The van der Waals surface area contributed by atoms with Gasteiger partial charge in [0, 0.05) is 23.7 Å². The molecule has 0 aliphatic heterocycles. The van der Waals surface area contributed by atoms with Gasteiger partial charge in [0.15, 0.2) is 10.3 Å². The number of hydrogen-bond acceptors (Lipinski definition) is 4. The molecule has 0 N–H and O–H groups in total. The highest BCUT2D eigenvalue weighted by atomic mass is 35.5. The van der Waals surface area contributed by atoms with Crippen LogP contribution in [0.5, 0.6) is 0 Å². The number of halogens is 1. The van der Waals surface area contributed by atoms with Crippen LogP contribution in [0.1, 0.15) is 12.6 Å². The Balaban J connectivity index is 2.68. The molecule has 0 aliphatic carbocycles. The van der Waals surface area contributed by atoms with E-state index in [1.807, 2.05) is 25.7 Å². The van der Waals surface area contributed by atoms with Gasteiger partial charge in [-0.15, -0.1) is 0 Å². The van der Waals surface area contributed by atoms with Crippen LogP contribution < -0.4 is 0 Å². The lowest BCUT2D eigenvalue weighted by molar-refractivity contribution is 1.00. The van der Waals surface area contributed by atoms with Gasteiger partial charge >= 0.3 is 0 Å². The van der Waals surface area contributed by atoms with Gasteiger partial charge in [-0.05, 0) is 12.3 Å². The minimum absolute atomic E-state index is 0.429. The molecule has 0 spiro atoms. The Hall–Kier alpha value is -0.870. The fourth-order valence-electron chi connectivity index (χ4n) is 1.25. The molecule has 0 bridgehead atoms. The summed E-state index contributed by atoms with van der Waals surface area (Å²) < 4.78 is 0. The van der Waals surface area contributed by atoms with E-state index < -0.39 is 0 Å². The number of hydrogen-bond donors (Lipinski definition) is 0. The van der Waals surface area contributed by atoms with Gasteiger partial charge in [0.2, 0.25) is 0 Å². The van der Waals surface area contributed by atoms with Gasteiger partial charge < -0.3 is 0 Å². The summed E-state index contributed by atoms with van der Waals surface area (Å²) in [6, 6.07) is 1.92. The molecule has 0 aromatic carbocycles. The van der Waals surface area contributed by atoms with Gasteiger partial charge in [0.05, 0.1) is 0 Å². The first-order valence-electron chi connectivity index (χ1n) is 4.41. The Labute approximate surface area is 97.3 Å². The maximum atomic E-state index is 6.04. The monoisotopic (exact) mass is 238 g/mol. The summed E-state index contributed by atoms with van der Waals surface area (Å²) in [5.74, 6) is 0. The average molecular weight is 239 g/mol. The average Bonchev–Trinajstić information content (AvgIpc) is 2.28. The van der Waals surface area contributed by atoms with Crippen LogP contribution >= 0.6 is 23.4 Å². The number of thioether (sulfide) groups is 1. The minimum Gasteiger partial charge on any atom is -0.238 e. The molecule has 2 rings (SSSR count). The summed E-state index contributed by atoms with van der Waals surface area (Å²) in [6.07, 6.45) is 5.60. The van der Waals surface area contributed by atoms with Gasteiger partial charge in [0.25, 0.3) is 0 Å². The molecule has 0 saturated heterocycles. The van der Waals surface area contributed by atoms with Crippen molar-refractivity contribution < 1.29 is 0 Å². The first-order chi connectivity index (χ1) is 7.24. The molecular formula is C10H9ClN3S. The Kier molecular flexibility index (Phi) is 3.07. The Bertz CT molecular complexity index is 501. The van der Waals surface area contributed by atoms with Crippen molar-refractivity contribution in [1.82, 2.24) is 15.0 Å². The van der Waals surface area contributed by atoms with E-state index in [0.717, 1.165) is 11.1 Å². The molecule has 0 atom stereocenters. The number of fused-ring (bicyclic) bond motifs is 1. The zero-order valence-electron chi connectivity index (χ0n) is 8.36. The van der Waals surface area contributed by atoms with E-state index in [2.05, 4.69) is 15.0 Å². The summed E-state index contributed by atoms with van der Waals surface area (Å²) >= 11 is 7.53. The second-order valence-electron chi connectivity index (χ2n) is 2.92. The molecule has 2 heterocycles. The third kappa shape index (κ3) is 2.06. The molecular weight excluding hydrogens is 230 g/mol. The van der Waals surface area contributed by atoms with Crippen molar-refractivity contribution in [3.63, 3.8) is 0 Å². The Morgan fingerprint density at radius 2 is 2.20 bits per heavy atom. The van der Waals surface area contributed by atoms with Crippen LogP contribution in [0.3, 0.4) is 0 Å². The molecule has 2 aromatic rings. The summed E-state index contributed by atoms with van der Waals surface area (Å²) in [5, 5.41) is 2.05. The van der Waals surface area contributed by atoms with Crippen molar-refractivity contribution in [3.8, 4) is 0 Å². The number of pyridine rings is 1. The van der Waals surface area contributed by atoms with Crippen molar-refractivity contribution in [2.75, 3.05) is 6.26 Å². The lowest BCUT2D eigenvalue weighted by Gasteiger charge is -2.03. The molecule has 2 aromatic heterocycles. The molecule has 5 heteroatoms. The van der Waals surface area contributed by atoms with Crippen LogP contribution in [0, 0.1) is 6.42 Å². The van der Waals surface area contributed by atoms with Gasteiger partial charge in [0.1, 0.15) is 5.52 Å². The standard InChI is InChI=1S/C10H9ClN3S/c1-3-7-4-6-5-12-10(15-2)14-8(6)9(11)13-7/h3-5H,1-2H3. The second kappa shape index (κ2) is 4.33. The first-order valence-corrected chi connectivity index (χ1v) is 6.01. The van der Waals surface area contributed by atoms with Gasteiger partial charge in [-0.3, -0.25) is 0 Å².